The Kier molecular flexibility index (Phi) is 5.94. The van der Waals surface area contributed by atoms with E-state index in [2.05, 4.69) is 27.3 Å². The summed E-state index contributed by atoms with van der Waals surface area (Å²) in [5.41, 5.74) is 2.46. The minimum absolute atomic E-state index is 0.0113. The van der Waals surface area contributed by atoms with Crippen molar-refractivity contribution in [2.24, 2.45) is 0 Å². The van der Waals surface area contributed by atoms with Gasteiger partial charge in [-0.3, -0.25) is 4.79 Å². The number of carbonyl (C=O) groups is 1. The van der Waals surface area contributed by atoms with Crippen molar-refractivity contribution in [3.8, 4) is 0 Å². The van der Waals surface area contributed by atoms with Crippen molar-refractivity contribution in [3.63, 3.8) is 0 Å². The highest BCUT2D eigenvalue weighted by molar-refractivity contribution is 14.1. The van der Waals surface area contributed by atoms with Gasteiger partial charge in [-0.1, -0.05) is 64.6 Å². The van der Waals surface area contributed by atoms with Crippen LogP contribution < -0.4 is 4.72 Å². The van der Waals surface area contributed by atoms with Crippen molar-refractivity contribution in [2.45, 2.75) is 24.8 Å². The molecule has 0 fully saturated rings. The zero-order valence-corrected chi connectivity index (χ0v) is 15.9. The summed E-state index contributed by atoms with van der Waals surface area (Å²) in [7, 11) is -3.58. The maximum Gasteiger partial charge on any atom is 0.241 e. The lowest BCUT2D eigenvalue weighted by Gasteiger charge is -2.17. The van der Waals surface area contributed by atoms with Gasteiger partial charge in [-0.2, -0.15) is 0 Å². The number of ketones is 1. The number of aryl methyl sites for hydroxylation is 1. The monoisotopic (exact) mass is 443 g/mol. The van der Waals surface area contributed by atoms with E-state index in [4.69, 9.17) is 0 Å². The SMILES string of the molecule is CC(=O)c1ccc(C(CI)NS(=O)(=O)c2ccc(C)cc2)cc1. The molecule has 0 aliphatic carbocycles. The fraction of sp³-hybridized carbons (Fsp3) is 0.235. The normalized spacial score (nSPS) is 12.8. The summed E-state index contributed by atoms with van der Waals surface area (Å²) in [6, 6.07) is 13.4. The lowest BCUT2D eigenvalue weighted by molar-refractivity contribution is 0.101. The quantitative estimate of drug-likeness (QED) is 0.421. The van der Waals surface area contributed by atoms with Gasteiger partial charge in [-0.05, 0) is 31.5 Å². The minimum Gasteiger partial charge on any atom is -0.295 e. The van der Waals surface area contributed by atoms with Crippen LogP contribution in [0, 0.1) is 6.92 Å². The summed E-state index contributed by atoms with van der Waals surface area (Å²) >= 11 is 2.15. The molecule has 0 spiro atoms. The molecule has 1 atom stereocenters. The topological polar surface area (TPSA) is 63.2 Å². The first-order chi connectivity index (χ1) is 10.8. The van der Waals surface area contributed by atoms with Crippen LogP contribution in [0.3, 0.4) is 0 Å². The molecule has 2 rings (SSSR count). The van der Waals surface area contributed by atoms with Gasteiger partial charge in [0.05, 0.1) is 10.9 Å². The van der Waals surface area contributed by atoms with Gasteiger partial charge in [0.15, 0.2) is 5.78 Å². The summed E-state index contributed by atoms with van der Waals surface area (Å²) < 4.78 is 28.3. The zero-order chi connectivity index (χ0) is 17.0. The molecule has 2 aromatic rings. The summed E-state index contributed by atoms with van der Waals surface area (Å²) in [4.78, 5) is 11.6. The highest BCUT2D eigenvalue weighted by Crippen LogP contribution is 2.20. The molecular weight excluding hydrogens is 425 g/mol. The van der Waals surface area contributed by atoms with Gasteiger partial charge < -0.3 is 0 Å². The van der Waals surface area contributed by atoms with Crippen molar-refractivity contribution >= 4 is 38.4 Å². The molecule has 0 aliphatic rings. The van der Waals surface area contributed by atoms with Crippen LogP contribution in [0.5, 0.6) is 0 Å². The molecule has 0 aromatic heterocycles. The Morgan fingerprint density at radius 3 is 2.13 bits per heavy atom. The predicted octanol–water partition coefficient (Wildman–Crippen LogP) is 3.65. The maximum atomic E-state index is 12.5. The number of hydrogen-bond acceptors (Lipinski definition) is 3. The van der Waals surface area contributed by atoms with E-state index in [1.54, 1.807) is 48.5 Å². The molecule has 0 aliphatic heterocycles. The number of benzene rings is 2. The lowest BCUT2D eigenvalue weighted by Crippen LogP contribution is -2.29. The van der Waals surface area contributed by atoms with Crippen LogP contribution >= 0.6 is 22.6 Å². The average Bonchev–Trinajstić information content (AvgIpc) is 2.53. The Balaban J connectivity index is 2.24. The van der Waals surface area contributed by atoms with Gasteiger partial charge in [-0.15, -0.1) is 0 Å². The Labute approximate surface area is 150 Å². The summed E-state index contributed by atoms with van der Waals surface area (Å²) in [6.07, 6.45) is 0. The molecule has 0 radical (unpaired) electrons. The largest absolute Gasteiger partial charge is 0.295 e. The van der Waals surface area contributed by atoms with Gasteiger partial charge in [0.1, 0.15) is 0 Å². The van der Waals surface area contributed by atoms with Gasteiger partial charge in [0.25, 0.3) is 0 Å². The van der Waals surface area contributed by atoms with Crippen LogP contribution in [-0.2, 0) is 10.0 Å². The number of alkyl halides is 1. The first-order valence-corrected chi connectivity index (χ1v) is 10.1. The maximum absolute atomic E-state index is 12.5. The number of Topliss-reactive ketones (excluding diaryl/α,β-unsaturated/α-hetero) is 1. The summed E-state index contributed by atoms with van der Waals surface area (Å²) in [6.45, 7) is 3.42. The zero-order valence-electron chi connectivity index (χ0n) is 12.9. The van der Waals surface area contributed by atoms with Gasteiger partial charge in [0.2, 0.25) is 10.0 Å². The average molecular weight is 443 g/mol. The van der Waals surface area contributed by atoms with Gasteiger partial charge >= 0.3 is 0 Å². The number of nitrogens with one attached hydrogen (secondary N) is 1. The fourth-order valence-corrected chi connectivity index (χ4v) is 4.36. The van der Waals surface area contributed by atoms with Gasteiger partial charge in [0, 0.05) is 9.99 Å². The minimum atomic E-state index is -3.58. The molecule has 0 heterocycles. The Bertz CT molecular complexity index is 784. The Morgan fingerprint density at radius 2 is 1.65 bits per heavy atom. The van der Waals surface area contributed by atoms with E-state index in [9.17, 15) is 13.2 Å². The molecule has 1 unspecified atom stereocenters. The molecule has 0 amide bonds. The second kappa shape index (κ2) is 7.55. The molecule has 0 bridgehead atoms. The standard InChI is InChI=1S/C17H18INO3S/c1-12-3-9-16(10-4-12)23(21,22)19-17(11-18)15-7-5-14(6-8-15)13(2)20/h3-10,17,19H,11H2,1-2H3. The second-order valence-electron chi connectivity index (χ2n) is 5.32. The molecule has 4 nitrogen and oxygen atoms in total. The molecular formula is C17H18INO3S. The molecule has 0 saturated carbocycles. The number of sulfonamides is 1. The number of rotatable bonds is 6. The fourth-order valence-electron chi connectivity index (χ4n) is 2.11. The van der Waals surface area contributed by atoms with Crippen molar-refractivity contribution in [1.82, 2.24) is 4.72 Å². The number of hydrogen-bond donors (Lipinski definition) is 1. The van der Waals surface area contributed by atoms with Crippen LogP contribution in [0.15, 0.2) is 53.4 Å². The van der Waals surface area contributed by atoms with Gasteiger partial charge in [-0.25, -0.2) is 13.1 Å². The molecule has 6 heteroatoms. The van der Waals surface area contributed by atoms with Crippen LogP contribution in [0.1, 0.15) is 34.5 Å². The van der Waals surface area contributed by atoms with Crippen molar-refractivity contribution < 1.29 is 13.2 Å². The van der Waals surface area contributed by atoms with Crippen molar-refractivity contribution in [2.75, 3.05) is 4.43 Å². The highest BCUT2D eigenvalue weighted by Gasteiger charge is 2.20. The van der Waals surface area contributed by atoms with Crippen molar-refractivity contribution in [1.29, 1.82) is 0 Å². The second-order valence-corrected chi connectivity index (χ2v) is 7.91. The Morgan fingerprint density at radius 1 is 1.09 bits per heavy atom. The molecule has 0 saturated heterocycles. The predicted molar refractivity (Wildman–Crippen MR) is 99.6 cm³/mol. The highest BCUT2D eigenvalue weighted by atomic mass is 127. The third-order valence-corrected chi connectivity index (χ3v) is 5.87. The van der Waals surface area contributed by atoms with E-state index in [0.717, 1.165) is 11.1 Å². The number of carbonyl (C=O) groups excluding carboxylic acids is 1. The molecule has 122 valence electrons. The third kappa shape index (κ3) is 4.62. The molecule has 2 aromatic carbocycles. The van der Waals surface area contributed by atoms with Crippen LogP contribution in [-0.4, -0.2) is 18.6 Å². The van der Waals surface area contributed by atoms with E-state index in [0.29, 0.717) is 9.99 Å². The van der Waals surface area contributed by atoms with Crippen LogP contribution in [0.4, 0.5) is 0 Å². The third-order valence-electron chi connectivity index (χ3n) is 3.50. The lowest BCUT2D eigenvalue weighted by atomic mass is 10.1. The molecule has 1 N–H and O–H groups in total. The van der Waals surface area contributed by atoms with E-state index in [-0.39, 0.29) is 16.7 Å². The van der Waals surface area contributed by atoms with E-state index >= 15 is 0 Å². The van der Waals surface area contributed by atoms with E-state index < -0.39 is 10.0 Å². The van der Waals surface area contributed by atoms with Crippen LogP contribution in [0.25, 0.3) is 0 Å². The molecule has 23 heavy (non-hydrogen) atoms. The first kappa shape index (κ1) is 18.1. The first-order valence-electron chi connectivity index (χ1n) is 7.09. The van der Waals surface area contributed by atoms with Crippen LogP contribution in [0.2, 0.25) is 0 Å². The van der Waals surface area contributed by atoms with Crippen molar-refractivity contribution in [3.05, 3.63) is 65.2 Å². The summed E-state index contributed by atoms with van der Waals surface area (Å²) in [5, 5.41) is 0. The van der Waals surface area contributed by atoms with E-state index in [1.165, 1.54) is 6.92 Å². The summed E-state index contributed by atoms with van der Waals surface area (Å²) in [5.74, 6) is -0.0113. The van der Waals surface area contributed by atoms with E-state index in [1.807, 2.05) is 6.92 Å². The Hall–Kier alpha value is -1.25. The number of halogens is 1. The smallest absolute Gasteiger partial charge is 0.241 e.